The first-order valence-corrected chi connectivity index (χ1v) is 11.6. The first-order chi connectivity index (χ1) is 18.0. The second kappa shape index (κ2) is 13.7. The maximum Gasteiger partial charge on any atom is 0.331 e. The predicted molar refractivity (Wildman–Crippen MR) is 133 cm³/mol. The van der Waals surface area contributed by atoms with Crippen LogP contribution in [0.5, 0.6) is 5.75 Å². The van der Waals surface area contributed by atoms with Gasteiger partial charge in [-0.15, -0.1) is 0 Å². The van der Waals surface area contributed by atoms with Crippen LogP contribution in [0.4, 0.5) is 5.69 Å². The van der Waals surface area contributed by atoms with Crippen LogP contribution in [0.1, 0.15) is 36.7 Å². The van der Waals surface area contributed by atoms with Crippen molar-refractivity contribution in [2.45, 2.75) is 51.5 Å². The molecule has 0 unspecified atom stereocenters. The Balaban J connectivity index is 2.17. The molecule has 0 aliphatic carbocycles. The number of phenols is 1. The minimum atomic E-state index is -1.63. The smallest absolute Gasteiger partial charge is 0.331 e. The molecule has 0 heterocycles. The van der Waals surface area contributed by atoms with Crippen molar-refractivity contribution in [2.24, 2.45) is 5.92 Å². The number of carboxylic acid groups (broad SMARTS) is 1. The summed E-state index contributed by atoms with van der Waals surface area (Å²) >= 11 is 0. The molecule has 5 N–H and O–H groups in total. The number of nitrogens with one attached hydrogen (secondary N) is 2. The summed E-state index contributed by atoms with van der Waals surface area (Å²) in [4.78, 5) is 60.4. The van der Waals surface area contributed by atoms with Crippen LogP contribution in [0, 0.1) is 5.92 Å². The van der Waals surface area contributed by atoms with Crippen molar-refractivity contribution < 1.29 is 48.8 Å². The molecule has 0 bridgehead atoms. The van der Waals surface area contributed by atoms with Crippen molar-refractivity contribution in [2.75, 3.05) is 5.32 Å². The number of benzene rings is 2. The number of aliphatic hydroxyl groups is 1. The number of aromatic hydroxyl groups is 1. The fraction of sp³-hybridized carbons (Fsp3) is 0.346. The van der Waals surface area contributed by atoms with Gasteiger partial charge >= 0.3 is 17.9 Å². The van der Waals surface area contributed by atoms with E-state index in [0.717, 1.165) is 0 Å². The minimum Gasteiger partial charge on any atom is -0.505 e. The third kappa shape index (κ3) is 8.03. The molecule has 0 saturated heterocycles. The highest BCUT2D eigenvalue weighted by molar-refractivity contribution is 6.01. The highest BCUT2D eigenvalue weighted by Gasteiger charge is 2.37. The van der Waals surface area contributed by atoms with Crippen LogP contribution in [0.15, 0.2) is 48.5 Å². The second-order valence-corrected chi connectivity index (χ2v) is 8.54. The lowest BCUT2D eigenvalue weighted by atomic mass is 10.00. The number of amides is 2. The first-order valence-electron chi connectivity index (χ1n) is 11.6. The lowest BCUT2D eigenvalue weighted by Crippen LogP contribution is -2.51. The summed E-state index contributed by atoms with van der Waals surface area (Å²) in [5.74, 6) is -5.96. The van der Waals surface area contributed by atoms with Gasteiger partial charge < -0.3 is 35.4 Å². The van der Waals surface area contributed by atoms with Crippen molar-refractivity contribution in [3.63, 3.8) is 0 Å². The fourth-order valence-corrected chi connectivity index (χ4v) is 3.53. The lowest BCUT2D eigenvalue weighted by molar-refractivity contribution is -0.177. The summed E-state index contributed by atoms with van der Waals surface area (Å²) in [5, 5.41) is 34.3. The molecule has 2 amide bonds. The van der Waals surface area contributed by atoms with E-state index in [9.17, 15) is 39.3 Å². The maximum absolute atomic E-state index is 12.9. The van der Waals surface area contributed by atoms with Crippen LogP contribution in [-0.4, -0.2) is 69.9 Å². The Kier molecular flexibility index (Phi) is 10.8. The van der Waals surface area contributed by atoms with Crippen LogP contribution in [-0.2, 0) is 35.1 Å². The third-order valence-electron chi connectivity index (χ3n) is 5.62. The van der Waals surface area contributed by atoms with Gasteiger partial charge in [-0.3, -0.25) is 19.2 Å². The van der Waals surface area contributed by atoms with Crippen LogP contribution >= 0.6 is 0 Å². The van der Waals surface area contributed by atoms with Gasteiger partial charge in [0.05, 0.1) is 29.7 Å². The van der Waals surface area contributed by atoms with Gasteiger partial charge in [-0.1, -0.05) is 36.4 Å². The molecule has 12 heteroatoms. The molecule has 0 aliphatic rings. The number of hydrogen-bond donors (Lipinski definition) is 5. The van der Waals surface area contributed by atoms with Crippen LogP contribution in [0.2, 0.25) is 0 Å². The summed E-state index contributed by atoms with van der Waals surface area (Å²) in [6.07, 6.45) is -3.96. The molecular formula is C26H30N2O10. The van der Waals surface area contributed by atoms with Gasteiger partial charge in [0.1, 0.15) is 6.10 Å². The third-order valence-corrected chi connectivity index (χ3v) is 5.62. The van der Waals surface area contributed by atoms with Crippen molar-refractivity contribution in [3.05, 3.63) is 59.7 Å². The van der Waals surface area contributed by atoms with Crippen molar-refractivity contribution in [1.29, 1.82) is 0 Å². The zero-order valence-electron chi connectivity index (χ0n) is 21.0. The summed E-state index contributed by atoms with van der Waals surface area (Å²) in [7, 11) is 0. The number of ether oxygens (including phenoxy) is 2. The van der Waals surface area contributed by atoms with E-state index in [1.807, 2.05) is 0 Å². The second-order valence-electron chi connectivity index (χ2n) is 8.54. The summed E-state index contributed by atoms with van der Waals surface area (Å²) in [6.45, 7) is 3.81. The van der Waals surface area contributed by atoms with E-state index < -0.39 is 59.8 Å². The summed E-state index contributed by atoms with van der Waals surface area (Å²) in [5.41, 5.74) is 0.284. The Morgan fingerprint density at radius 3 is 2.21 bits per heavy atom. The standard InChI is InChI=1S/C26H30N2O10/c1-14(25(34)35)23(38-20(31)12-17-8-5-4-6-9-17)16(3)37-26(36)21(15(2)30)28-24(33)18-10-7-11-19(22(18)32)27-13-29/h4-11,13-16,21,23,30,32H,12H2,1-3H3,(H,27,29)(H,28,33)(H,34,35)/t14-,15+,16-,21+,23-/m1/s1. The summed E-state index contributed by atoms with van der Waals surface area (Å²) in [6, 6.07) is 10.9. The Labute approximate surface area is 218 Å². The van der Waals surface area contributed by atoms with Crippen LogP contribution < -0.4 is 10.6 Å². The Morgan fingerprint density at radius 2 is 1.63 bits per heavy atom. The zero-order chi connectivity index (χ0) is 28.4. The molecule has 0 aromatic heterocycles. The first kappa shape index (κ1) is 29.8. The molecule has 0 saturated carbocycles. The van der Waals surface area contributed by atoms with E-state index in [-0.39, 0.29) is 17.7 Å². The van der Waals surface area contributed by atoms with Gasteiger partial charge in [-0.05, 0) is 38.5 Å². The normalized spacial score (nSPS) is 14.6. The SMILES string of the molecule is C[C@H](O)[C@H](NC(=O)c1cccc(NC=O)c1O)C(=O)O[C@H](C)[C@H](OC(=O)Cc1ccccc1)[C@@H](C)C(=O)O. The number of carboxylic acids is 1. The van der Waals surface area contributed by atoms with Crippen LogP contribution in [0.25, 0.3) is 0 Å². The lowest BCUT2D eigenvalue weighted by Gasteiger charge is -2.29. The number of hydrogen-bond acceptors (Lipinski definition) is 9. The Morgan fingerprint density at radius 1 is 0.974 bits per heavy atom. The highest BCUT2D eigenvalue weighted by Crippen LogP contribution is 2.27. The molecule has 2 aromatic carbocycles. The van der Waals surface area contributed by atoms with E-state index in [0.29, 0.717) is 12.0 Å². The molecule has 38 heavy (non-hydrogen) atoms. The molecule has 2 aromatic rings. The molecule has 0 radical (unpaired) electrons. The van der Waals surface area contributed by atoms with Crippen molar-refractivity contribution in [3.8, 4) is 5.75 Å². The number of para-hydroxylation sites is 1. The molecule has 0 aliphatic heterocycles. The van der Waals surface area contributed by atoms with E-state index >= 15 is 0 Å². The quantitative estimate of drug-likeness (QED) is 0.143. The number of esters is 2. The zero-order valence-corrected chi connectivity index (χ0v) is 21.0. The average molecular weight is 531 g/mol. The number of rotatable bonds is 13. The molecular weight excluding hydrogens is 500 g/mol. The number of anilines is 1. The minimum absolute atomic E-state index is 0.0553. The van der Waals surface area contributed by atoms with Gasteiger partial charge in [0.25, 0.3) is 5.91 Å². The molecule has 204 valence electrons. The highest BCUT2D eigenvalue weighted by atomic mass is 16.6. The van der Waals surface area contributed by atoms with Crippen molar-refractivity contribution in [1.82, 2.24) is 5.32 Å². The van der Waals surface area contributed by atoms with Crippen LogP contribution in [0.3, 0.4) is 0 Å². The predicted octanol–water partition coefficient (Wildman–Crippen LogP) is 1.25. The van der Waals surface area contributed by atoms with Gasteiger partial charge in [0.2, 0.25) is 6.41 Å². The topological polar surface area (TPSA) is 189 Å². The van der Waals surface area contributed by atoms with Gasteiger partial charge in [-0.25, -0.2) is 4.79 Å². The van der Waals surface area contributed by atoms with Gasteiger partial charge in [-0.2, -0.15) is 0 Å². The fourth-order valence-electron chi connectivity index (χ4n) is 3.53. The Bertz CT molecular complexity index is 1150. The van der Waals surface area contributed by atoms with E-state index in [1.54, 1.807) is 30.3 Å². The van der Waals surface area contributed by atoms with E-state index in [2.05, 4.69) is 10.6 Å². The molecule has 12 nitrogen and oxygen atoms in total. The summed E-state index contributed by atoms with van der Waals surface area (Å²) < 4.78 is 10.7. The monoisotopic (exact) mass is 530 g/mol. The number of aliphatic carboxylic acids is 1. The number of carbonyl (C=O) groups excluding carboxylic acids is 4. The molecule has 0 spiro atoms. The van der Waals surface area contributed by atoms with Gasteiger partial charge in [0, 0.05) is 0 Å². The molecule has 5 atom stereocenters. The number of carbonyl (C=O) groups is 5. The van der Waals surface area contributed by atoms with E-state index in [1.165, 1.54) is 39.0 Å². The van der Waals surface area contributed by atoms with E-state index in [4.69, 9.17) is 9.47 Å². The average Bonchev–Trinajstić information content (AvgIpc) is 2.86. The van der Waals surface area contributed by atoms with Crippen molar-refractivity contribution >= 4 is 35.9 Å². The maximum atomic E-state index is 12.9. The largest absolute Gasteiger partial charge is 0.505 e. The number of aliphatic hydroxyl groups excluding tert-OH is 1. The van der Waals surface area contributed by atoms with Gasteiger partial charge in [0.15, 0.2) is 17.9 Å². The molecule has 0 fully saturated rings. The molecule has 2 rings (SSSR count). The Hall–Kier alpha value is -4.45. The number of phenolic OH excluding ortho intramolecular Hbond substituents is 1.